The molecule has 1 aromatic heterocycles. The summed E-state index contributed by atoms with van der Waals surface area (Å²) in [5, 5.41) is 15.1. The summed E-state index contributed by atoms with van der Waals surface area (Å²) in [6.07, 6.45) is 0. The highest BCUT2D eigenvalue weighted by Crippen LogP contribution is 2.18. The number of aromatic nitrogens is 1. The molecule has 1 aromatic carbocycles. The minimum atomic E-state index is 0.0797. The first-order valence-electron chi connectivity index (χ1n) is 6.43. The summed E-state index contributed by atoms with van der Waals surface area (Å²) < 4.78 is 5.23. The van der Waals surface area contributed by atoms with Gasteiger partial charge in [0.25, 0.3) is 0 Å². The number of nitriles is 1. The van der Waals surface area contributed by atoms with E-state index >= 15 is 0 Å². The zero-order valence-corrected chi connectivity index (χ0v) is 12.4. The van der Waals surface area contributed by atoms with Crippen molar-refractivity contribution < 1.29 is 4.74 Å². The van der Waals surface area contributed by atoms with E-state index in [2.05, 4.69) is 22.6 Å². The van der Waals surface area contributed by atoms with Crippen LogP contribution >= 0.6 is 11.3 Å². The van der Waals surface area contributed by atoms with Crippen LogP contribution < -0.4 is 10.1 Å². The fraction of sp³-hybridized carbons (Fsp3) is 0.333. The third-order valence-corrected chi connectivity index (χ3v) is 3.76. The Morgan fingerprint density at radius 2 is 2.15 bits per heavy atom. The second-order valence-corrected chi connectivity index (χ2v) is 5.54. The lowest BCUT2D eigenvalue weighted by molar-refractivity contribution is 0.368. The molecule has 2 rings (SSSR count). The molecule has 0 saturated carbocycles. The summed E-state index contributed by atoms with van der Waals surface area (Å²) >= 11 is 1.67. The van der Waals surface area contributed by atoms with Crippen LogP contribution in [0.15, 0.2) is 29.6 Å². The fourth-order valence-corrected chi connectivity index (χ4v) is 2.45. The van der Waals surface area contributed by atoms with E-state index in [1.165, 1.54) is 5.56 Å². The van der Waals surface area contributed by atoms with Crippen LogP contribution in [0.4, 0.5) is 0 Å². The fourth-order valence-electron chi connectivity index (χ4n) is 1.83. The summed E-state index contributed by atoms with van der Waals surface area (Å²) in [5.41, 5.74) is 2.26. The van der Waals surface area contributed by atoms with Gasteiger partial charge in [-0.3, -0.25) is 0 Å². The van der Waals surface area contributed by atoms with Crippen LogP contribution in [0.25, 0.3) is 0 Å². The van der Waals surface area contributed by atoms with Crippen molar-refractivity contribution in [1.82, 2.24) is 10.3 Å². The molecule has 0 spiro atoms. The van der Waals surface area contributed by atoms with Gasteiger partial charge < -0.3 is 10.1 Å². The molecule has 1 unspecified atom stereocenters. The smallest absolute Gasteiger partial charge is 0.174 e. The Morgan fingerprint density at radius 1 is 1.40 bits per heavy atom. The lowest BCUT2D eigenvalue weighted by Crippen LogP contribution is -2.18. The van der Waals surface area contributed by atoms with Gasteiger partial charge in [-0.1, -0.05) is 12.1 Å². The highest BCUT2D eigenvalue weighted by Gasteiger charge is 2.06. The quantitative estimate of drug-likeness (QED) is 0.886. The van der Waals surface area contributed by atoms with Gasteiger partial charge in [0.2, 0.25) is 0 Å². The Bertz CT molecular complexity index is 586. The van der Waals surface area contributed by atoms with Crippen LogP contribution in [0.2, 0.25) is 0 Å². The van der Waals surface area contributed by atoms with Crippen molar-refractivity contribution in [3.63, 3.8) is 0 Å². The van der Waals surface area contributed by atoms with Crippen molar-refractivity contribution in [3.8, 4) is 11.8 Å². The lowest BCUT2D eigenvalue weighted by atomic mass is 10.1. The Hall–Kier alpha value is -1.90. The topological polar surface area (TPSA) is 57.9 Å². The maximum atomic E-state index is 8.46. The molecule has 1 atom stereocenters. The number of ether oxygens (including phenoxy) is 1. The second kappa shape index (κ2) is 7.04. The number of thiazole rings is 1. The highest BCUT2D eigenvalue weighted by molar-refractivity contribution is 7.09. The van der Waals surface area contributed by atoms with E-state index < -0.39 is 0 Å². The maximum Gasteiger partial charge on any atom is 0.174 e. The standard InChI is InChI=1S/C15H17N3OS/c1-11(17-9-14-10-20-12(2)18-14)13-3-5-15(6-4-13)19-8-7-16/h3-6,10-11,17H,8-9H2,1-2H3. The van der Waals surface area contributed by atoms with Gasteiger partial charge in [-0.15, -0.1) is 11.3 Å². The van der Waals surface area contributed by atoms with Crippen LogP contribution in [0.5, 0.6) is 5.75 Å². The predicted molar refractivity (Wildman–Crippen MR) is 79.7 cm³/mol. The maximum absolute atomic E-state index is 8.46. The van der Waals surface area contributed by atoms with Crippen LogP contribution in [-0.4, -0.2) is 11.6 Å². The first kappa shape index (κ1) is 14.5. The van der Waals surface area contributed by atoms with Crippen molar-refractivity contribution >= 4 is 11.3 Å². The first-order valence-corrected chi connectivity index (χ1v) is 7.31. The van der Waals surface area contributed by atoms with Crippen molar-refractivity contribution in [1.29, 1.82) is 5.26 Å². The van der Waals surface area contributed by atoms with Gasteiger partial charge in [0.15, 0.2) is 6.61 Å². The molecule has 4 nitrogen and oxygen atoms in total. The molecular weight excluding hydrogens is 270 g/mol. The molecule has 0 aliphatic carbocycles. The zero-order valence-electron chi connectivity index (χ0n) is 11.6. The Morgan fingerprint density at radius 3 is 2.75 bits per heavy atom. The van der Waals surface area contributed by atoms with E-state index in [1.807, 2.05) is 37.3 Å². The molecule has 0 aliphatic heterocycles. The Kier molecular flexibility index (Phi) is 5.10. The monoisotopic (exact) mass is 287 g/mol. The summed E-state index contributed by atoms with van der Waals surface area (Å²) in [4.78, 5) is 4.43. The van der Waals surface area contributed by atoms with Gasteiger partial charge >= 0.3 is 0 Å². The number of rotatable bonds is 6. The highest BCUT2D eigenvalue weighted by atomic mass is 32.1. The van der Waals surface area contributed by atoms with E-state index in [4.69, 9.17) is 10.00 Å². The van der Waals surface area contributed by atoms with Gasteiger partial charge in [-0.05, 0) is 31.5 Å². The molecule has 2 aromatic rings. The lowest BCUT2D eigenvalue weighted by Gasteiger charge is -2.14. The number of benzene rings is 1. The van der Waals surface area contributed by atoms with Gasteiger partial charge in [0, 0.05) is 18.0 Å². The molecule has 0 fully saturated rings. The van der Waals surface area contributed by atoms with Gasteiger partial charge in [-0.2, -0.15) is 5.26 Å². The Labute approximate surface area is 123 Å². The van der Waals surface area contributed by atoms with Gasteiger partial charge in [0.1, 0.15) is 11.8 Å². The molecule has 0 amide bonds. The minimum absolute atomic E-state index is 0.0797. The normalized spacial score (nSPS) is 11.8. The zero-order chi connectivity index (χ0) is 14.4. The number of hydrogen-bond donors (Lipinski definition) is 1. The molecule has 0 bridgehead atoms. The van der Waals surface area contributed by atoms with E-state index in [9.17, 15) is 0 Å². The van der Waals surface area contributed by atoms with Crippen molar-refractivity contribution in [2.45, 2.75) is 26.4 Å². The van der Waals surface area contributed by atoms with E-state index in [0.29, 0.717) is 0 Å². The number of aryl methyl sites for hydroxylation is 1. The predicted octanol–water partition coefficient (Wildman–Crippen LogP) is 3.20. The summed E-state index contributed by atoms with van der Waals surface area (Å²) in [6.45, 7) is 4.97. The van der Waals surface area contributed by atoms with Crippen molar-refractivity contribution in [2.75, 3.05) is 6.61 Å². The van der Waals surface area contributed by atoms with Crippen molar-refractivity contribution in [3.05, 3.63) is 45.9 Å². The molecule has 0 saturated heterocycles. The van der Waals surface area contributed by atoms with Crippen LogP contribution in [0, 0.1) is 18.3 Å². The third kappa shape index (κ3) is 4.05. The molecule has 1 N–H and O–H groups in total. The van der Waals surface area contributed by atoms with Crippen LogP contribution in [0.1, 0.15) is 29.2 Å². The van der Waals surface area contributed by atoms with Crippen LogP contribution in [0.3, 0.4) is 0 Å². The van der Waals surface area contributed by atoms with Crippen LogP contribution in [-0.2, 0) is 6.54 Å². The summed E-state index contributed by atoms with van der Waals surface area (Å²) in [7, 11) is 0. The SMILES string of the molecule is Cc1nc(CNC(C)c2ccc(OCC#N)cc2)cs1. The van der Waals surface area contributed by atoms with Gasteiger partial charge in [-0.25, -0.2) is 4.98 Å². The molecular formula is C15H17N3OS. The first-order chi connectivity index (χ1) is 9.69. The minimum Gasteiger partial charge on any atom is -0.479 e. The van der Waals surface area contributed by atoms with Gasteiger partial charge in [0.05, 0.1) is 10.7 Å². The summed E-state index contributed by atoms with van der Waals surface area (Å²) in [5.74, 6) is 0.720. The molecule has 0 aliphatic rings. The van der Waals surface area contributed by atoms with Crippen molar-refractivity contribution in [2.24, 2.45) is 0 Å². The second-order valence-electron chi connectivity index (χ2n) is 4.48. The Balaban J connectivity index is 1.88. The molecule has 104 valence electrons. The summed E-state index contributed by atoms with van der Waals surface area (Å²) in [6, 6.07) is 9.99. The largest absolute Gasteiger partial charge is 0.479 e. The third-order valence-electron chi connectivity index (χ3n) is 2.94. The number of nitrogens with one attached hydrogen (secondary N) is 1. The molecule has 5 heteroatoms. The number of nitrogens with zero attached hydrogens (tertiary/aromatic N) is 2. The number of hydrogen-bond acceptors (Lipinski definition) is 5. The molecule has 1 heterocycles. The molecule has 0 radical (unpaired) electrons. The van der Waals surface area contributed by atoms with E-state index in [0.717, 1.165) is 23.0 Å². The van der Waals surface area contributed by atoms with E-state index in [-0.39, 0.29) is 12.6 Å². The molecule has 20 heavy (non-hydrogen) atoms. The average molecular weight is 287 g/mol. The van der Waals surface area contributed by atoms with E-state index in [1.54, 1.807) is 11.3 Å². The average Bonchev–Trinajstić information content (AvgIpc) is 2.89.